The van der Waals surface area contributed by atoms with E-state index >= 15 is 4.39 Å². The second kappa shape index (κ2) is 12.9. The van der Waals surface area contributed by atoms with Gasteiger partial charge in [-0.2, -0.15) is 0 Å². The number of H-pyrrole nitrogens is 1. The minimum atomic E-state index is -2.29. The van der Waals surface area contributed by atoms with Gasteiger partial charge in [0.25, 0.3) is 5.56 Å². The highest BCUT2D eigenvalue weighted by Crippen LogP contribution is 2.46. The molecule has 8 nitrogen and oxygen atoms in total. The lowest BCUT2D eigenvalue weighted by atomic mass is 9.79. The van der Waals surface area contributed by atoms with E-state index in [9.17, 15) is 9.59 Å². The third-order valence-electron chi connectivity index (χ3n) is 8.98. The molecular formula is C35H41FN2O6Si. The van der Waals surface area contributed by atoms with Gasteiger partial charge in [0, 0.05) is 12.3 Å². The number of nitrogens with zero attached hydrogens (tertiary/aromatic N) is 1. The maximum atomic E-state index is 17.0. The molecule has 1 aliphatic heterocycles. The van der Waals surface area contributed by atoms with Crippen molar-refractivity contribution >= 4 is 8.32 Å². The first-order chi connectivity index (χ1) is 21.4. The fourth-order valence-corrected chi connectivity index (χ4v) is 6.42. The van der Waals surface area contributed by atoms with Crippen molar-refractivity contribution in [3.05, 3.63) is 135 Å². The minimum Gasteiger partial charge on any atom is -0.497 e. The Hall–Kier alpha value is -3.83. The van der Waals surface area contributed by atoms with Gasteiger partial charge in [-0.15, -0.1) is 0 Å². The molecular weight excluding hydrogens is 591 g/mol. The van der Waals surface area contributed by atoms with Crippen LogP contribution in [0.3, 0.4) is 0 Å². The molecule has 0 bridgehead atoms. The standard InChI is InChI=1S/C35H41FN2O6Si/c1-34(2,3)45(5,6)42-23-28-31(30(36)32(43-28)38-22-21-29(39)37-33(38)40)44-35(24-13-9-7-10-14-24,25-15-11-8-12-16-25)26-17-19-27(41-4)20-18-26/h7-22,28,30-32H,23H2,1-6H3,(H,37,39,40)/t28-,30+,31-,32-/m1/s1. The topological polar surface area (TPSA) is 91.8 Å². The number of nitrogens with one attached hydrogen (secondary N) is 1. The zero-order valence-electron chi connectivity index (χ0n) is 26.5. The molecule has 1 aliphatic rings. The average molecular weight is 633 g/mol. The van der Waals surface area contributed by atoms with Crippen molar-refractivity contribution in [1.29, 1.82) is 0 Å². The van der Waals surface area contributed by atoms with Gasteiger partial charge in [0.05, 0.1) is 13.7 Å². The van der Waals surface area contributed by atoms with E-state index in [4.69, 9.17) is 18.6 Å². The second-order valence-electron chi connectivity index (χ2n) is 12.8. The van der Waals surface area contributed by atoms with Crippen LogP contribution in [0.1, 0.15) is 43.7 Å². The van der Waals surface area contributed by atoms with Gasteiger partial charge in [0.2, 0.25) is 0 Å². The number of rotatable bonds is 10. The normalized spacial score (nSPS) is 20.7. The summed E-state index contributed by atoms with van der Waals surface area (Å²) in [5.41, 5.74) is -0.326. The zero-order valence-corrected chi connectivity index (χ0v) is 27.5. The van der Waals surface area contributed by atoms with Crippen LogP contribution in [0.15, 0.2) is 107 Å². The molecule has 5 rings (SSSR count). The third-order valence-corrected chi connectivity index (χ3v) is 13.5. The first-order valence-corrected chi connectivity index (χ1v) is 18.0. The Labute approximate surface area is 263 Å². The number of aromatic amines is 1. The molecule has 45 heavy (non-hydrogen) atoms. The maximum Gasteiger partial charge on any atom is 0.330 e. The van der Waals surface area contributed by atoms with E-state index in [-0.39, 0.29) is 11.6 Å². The molecule has 0 radical (unpaired) electrons. The maximum absolute atomic E-state index is 17.0. The lowest BCUT2D eigenvalue weighted by Gasteiger charge is -2.40. The van der Waals surface area contributed by atoms with Gasteiger partial charge in [-0.3, -0.25) is 14.3 Å². The van der Waals surface area contributed by atoms with Crippen LogP contribution in [0.4, 0.5) is 4.39 Å². The Balaban J connectivity index is 1.67. The van der Waals surface area contributed by atoms with Crippen LogP contribution in [0.5, 0.6) is 5.75 Å². The summed E-state index contributed by atoms with van der Waals surface area (Å²) in [4.78, 5) is 26.9. The lowest BCUT2D eigenvalue weighted by Crippen LogP contribution is -2.47. The van der Waals surface area contributed by atoms with E-state index < -0.39 is 49.8 Å². The van der Waals surface area contributed by atoms with E-state index in [1.807, 2.05) is 84.9 Å². The van der Waals surface area contributed by atoms with Crippen molar-refractivity contribution in [2.75, 3.05) is 13.7 Å². The van der Waals surface area contributed by atoms with Gasteiger partial charge >= 0.3 is 5.69 Å². The molecule has 1 fully saturated rings. The zero-order chi connectivity index (χ0) is 32.4. The monoisotopic (exact) mass is 632 g/mol. The fourth-order valence-electron chi connectivity index (χ4n) is 5.41. The molecule has 238 valence electrons. The summed E-state index contributed by atoms with van der Waals surface area (Å²) in [6, 6.07) is 28.0. The molecule has 2 heterocycles. The van der Waals surface area contributed by atoms with Gasteiger partial charge in [-0.25, -0.2) is 9.18 Å². The first kappa shape index (κ1) is 32.6. The number of halogens is 1. The highest BCUT2D eigenvalue weighted by atomic mass is 28.4. The predicted octanol–water partition coefficient (Wildman–Crippen LogP) is 6.18. The molecule has 4 atom stereocenters. The van der Waals surface area contributed by atoms with Crippen LogP contribution in [0.2, 0.25) is 18.1 Å². The highest BCUT2D eigenvalue weighted by Gasteiger charge is 2.53. The van der Waals surface area contributed by atoms with Crippen LogP contribution >= 0.6 is 0 Å². The van der Waals surface area contributed by atoms with Gasteiger partial charge < -0.3 is 18.6 Å². The summed E-state index contributed by atoms with van der Waals surface area (Å²) in [6.07, 6.45) is -3.97. The number of ether oxygens (including phenoxy) is 3. The van der Waals surface area contributed by atoms with Crippen molar-refractivity contribution in [3.63, 3.8) is 0 Å². The van der Waals surface area contributed by atoms with Gasteiger partial charge in [0.15, 0.2) is 20.7 Å². The molecule has 0 amide bonds. The van der Waals surface area contributed by atoms with Crippen molar-refractivity contribution in [2.24, 2.45) is 0 Å². The van der Waals surface area contributed by atoms with Crippen LogP contribution in [-0.2, 0) is 19.5 Å². The van der Waals surface area contributed by atoms with Gasteiger partial charge in [-0.05, 0) is 47.0 Å². The fraction of sp³-hybridized carbons (Fsp3) is 0.371. The van der Waals surface area contributed by atoms with Crippen LogP contribution in [0.25, 0.3) is 0 Å². The molecule has 1 saturated heterocycles. The number of benzene rings is 3. The molecule has 3 aromatic carbocycles. The molecule has 4 aromatic rings. The predicted molar refractivity (Wildman–Crippen MR) is 174 cm³/mol. The molecule has 0 aliphatic carbocycles. The quantitative estimate of drug-likeness (QED) is 0.166. The summed E-state index contributed by atoms with van der Waals surface area (Å²) in [6.45, 7) is 10.7. The third kappa shape index (κ3) is 6.46. The highest BCUT2D eigenvalue weighted by molar-refractivity contribution is 6.74. The molecule has 10 heteroatoms. The summed E-state index contributed by atoms with van der Waals surface area (Å²) < 4.78 is 43.5. The van der Waals surface area contributed by atoms with Crippen molar-refractivity contribution in [3.8, 4) is 5.75 Å². The van der Waals surface area contributed by atoms with Gasteiger partial charge in [-0.1, -0.05) is 93.6 Å². The Kier molecular flexibility index (Phi) is 9.32. The number of hydrogen-bond donors (Lipinski definition) is 1. The Morgan fingerprint density at radius 1 is 0.867 bits per heavy atom. The molecule has 0 spiro atoms. The van der Waals surface area contributed by atoms with E-state index in [1.54, 1.807) is 7.11 Å². The van der Waals surface area contributed by atoms with Crippen molar-refractivity contribution in [1.82, 2.24) is 9.55 Å². The SMILES string of the molecule is COc1ccc(C(O[C@H]2[C@H](F)[C@H](n3ccc(=O)[nH]c3=O)O[C@@H]2CO[Si](C)(C)C(C)(C)C)(c2ccccc2)c2ccccc2)cc1. The van der Waals surface area contributed by atoms with Crippen molar-refractivity contribution < 1.29 is 23.0 Å². The largest absolute Gasteiger partial charge is 0.497 e. The number of aromatic nitrogens is 2. The Morgan fingerprint density at radius 2 is 1.42 bits per heavy atom. The summed E-state index contributed by atoms with van der Waals surface area (Å²) in [7, 11) is -0.693. The molecule has 1 N–H and O–H groups in total. The Bertz CT molecular complexity index is 1650. The van der Waals surface area contributed by atoms with E-state index in [0.717, 1.165) is 21.3 Å². The van der Waals surface area contributed by atoms with E-state index in [0.29, 0.717) is 5.75 Å². The summed E-state index contributed by atoms with van der Waals surface area (Å²) in [5, 5.41) is -0.104. The lowest BCUT2D eigenvalue weighted by molar-refractivity contribution is -0.103. The van der Waals surface area contributed by atoms with Gasteiger partial charge in [0.1, 0.15) is 23.6 Å². The van der Waals surface area contributed by atoms with Crippen LogP contribution in [-0.4, -0.2) is 50.0 Å². The molecule has 1 aromatic heterocycles. The van der Waals surface area contributed by atoms with Crippen LogP contribution < -0.4 is 16.0 Å². The summed E-state index contributed by atoms with van der Waals surface area (Å²) in [5.74, 6) is 0.666. The smallest absolute Gasteiger partial charge is 0.330 e. The number of hydrogen-bond acceptors (Lipinski definition) is 6. The minimum absolute atomic E-state index is 0.0540. The first-order valence-electron chi connectivity index (χ1n) is 15.1. The second-order valence-corrected chi connectivity index (χ2v) is 17.6. The molecule has 0 saturated carbocycles. The van der Waals surface area contributed by atoms with E-state index in [2.05, 4.69) is 38.8 Å². The number of alkyl halides is 1. The molecule has 0 unspecified atom stereocenters. The summed E-state index contributed by atoms with van der Waals surface area (Å²) >= 11 is 0. The van der Waals surface area contributed by atoms with E-state index in [1.165, 1.54) is 12.3 Å². The average Bonchev–Trinajstić information content (AvgIpc) is 3.33. The van der Waals surface area contributed by atoms with Crippen molar-refractivity contribution in [2.45, 2.75) is 69.1 Å². The number of methoxy groups -OCH3 is 1. The Morgan fingerprint density at radius 3 is 1.93 bits per heavy atom. The van der Waals surface area contributed by atoms with Crippen LogP contribution in [0, 0.1) is 0 Å².